The fraction of sp³-hybridized carbons (Fsp3) is 0.536. The molecular weight excluding hydrogens is 438 g/mol. The number of rotatable bonds is 5. The zero-order chi connectivity index (χ0) is 24.7. The number of aromatic nitrogens is 1. The van der Waals surface area contributed by atoms with Gasteiger partial charge in [0.1, 0.15) is 11.5 Å². The summed E-state index contributed by atoms with van der Waals surface area (Å²) in [6, 6.07) is 13.7. The van der Waals surface area contributed by atoms with Gasteiger partial charge in [-0.2, -0.15) is 0 Å². The van der Waals surface area contributed by atoms with Crippen molar-refractivity contribution in [2.75, 3.05) is 57.8 Å². The van der Waals surface area contributed by atoms with Crippen LogP contribution in [0.5, 0.6) is 0 Å². The van der Waals surface area contributed by atoms with Gasteiger partial charge in [-0.3, -0.25) is 9.59 Å². The van der Waals surface area contributed by atoms with Gasteiger partial charge in [-0.05, 0) is 60.0 Å². The number of hydrogen-bond donors (Lipinski definition) is 1. The first-order valence-electron chi connectivity index (χ1n) is 12.8. The maximum atomic E-state index is 13.0. The SMILES string of the molecule is CN1CCN(c2cccc(C(=O)NCC3C4CN(C(=O)c5ccc(C(C)(C)C)cc5)CC34)n2)CC1. The van der Waals surface area contributed by atoms with Crippen LogP contribution in [0.15, 0.2) is 42.5 Å². The summed E-state index contributed by atoms with van der Waals surface area (Å²) in [5.41, 5.74) is 2.55. The summed E-state index contributed by atoms with van der Waals surface area (Å²) in [4.78, 5) is 36.9. The summed E-state index contributed by atoms with van der Waals surface area (Å²) in [6.07, 6.45) is 0. The lowest BCUT2D eigenvalue weighted by molar-refractivity contribution is 0.0765. The monoisotopic (exact) mass is 475 g/mol. The molecule has 1 N–H and O–H groups in total. The number of fused-ring (bicyclic) bond motifs is 1. The molecule has 2 aromatic rings. The van der Waals surface area contributed by atoms with E-state index in [0.717, 1.165) is 50.6 Å². The molecule has 2 amide bonds. The number of carbonyl (C=O) groups is 2. The van der Waals surface area contributed by atoms with Crippen LogP contribution in [0.2, 0.25) is 0 Å². The number of nitrogens with zero attached hydrogens (tertiary/aromatic N) is 4. The van der Waals surface area contributed by atoms with Crippen molar-refractivity contribution in [1.82, 2.24) is 20.1 Å². The van der Waals surface area contributed by atoms with Gasteiger partial charge >= 0.3 is 0 Å². The minimum absolute atomic E-state index is 0.0793. The minimum atomic E-state index is -0.113. The standard InChI is InChI=1S/C28H37N5O2/c1-28(2,3)20-10-8-19(9-11-20)27(35)33-17-22-21(23(22)18-33)16-29-26(34)24-6-5-7-25(30-24)32-14-12-31(4)13-15-32/h5-11,21-23H,12-18H2,1-4H3,(H,29,34). The molecule has 3 aliphatic rings. The van der Waals surface area contributed by atoms with Crippen LogP contribution in [0.3, 0.4) is 0 Å². The van der Waals surface area contributed by atoms with E-state index in [4.69, 9.17) is 0 Å². The number of benzene rings is 1. The molecule has 2 unspecified atom stereocenters. The smallest absolute Gasteiger partial charge is 0.269 e. The number of piperazine rings is 1. The Morgan fingerprint density at radius 2 is 1.63 bits per heavy atom. The fourth-order valence-electron chi connectivity index (χ4n) is 5.48. The number of carbonyl (C=O) groups excluding carboxylic acids is 2. The molecule has 3 fully saturated rings. The first kappa shape index (κ1) is 23.8. The highest BCUT2D eigenvalue weighted by molar-refractivity contribution is 5.94. The van der Waals surface area contributed by atoms with Crippen LogP contribution < -0.4 is 10.2 Å². The highest BCUT2D eigenvalue weighted by atomic mass is 16.2. The summed E-state index contributed by atoms with van der Waals surface area (Å²) in [6.45, 7) is 12.6. The third kappa shape index (κ3) is 5.06. The van der Waals surface area contributed by atoms with E-state index >= 15 is 0 Å². The number of nitrogens with one attached hydrogen (secondary N) is 1. The number of piperidine rings is 1. The number of hydrogen-bond acceptors (Lipinski definition) is 5. The first-order chi connectivity index (χ1) is 16.7. The second-order valence-corrected chi connectivity index (χ2v) is 11.4. The summed E-state index contributed by atoms with van der Waals surface area (Å²) in [5.74, 6) is 2.30. The van der Waals surface area contributed by atoms with Gasteiger partial charge in [0.2, 0.25) is 0 Å². The Hall–Kier alpha value is -2.93. The Bertz CT molecular complexity index is 1070. The molecule has 5 rings (SSSR count). The molecule has 2 saturated heterocycles. The Balaban J connectivity index is 1.10. The quantitative estimate of drug-likeness (QED) is 0.720. The zero-order valence-corrected chi connectivity index (χ0v) is 21.3. The minimum Gasteiger partial charge on any atom is -0.354 e. The number of likely N-dealkylation sites (N-methyl/N-ethyl adjacent to an activating group) is 1. The maximum Gasteiger partial charge on any atom is 0.269 e. The molecule has 0 radical (unpaired) electrons. The number of amides is 2. The average molecular weight is 476 g/mol. The van der Waals surface area contributed by atoms with Crippen LogP contribution in [0, 0.1) is 17.8 Å². The molecule has 1 aromatic carbocycles. The van der Waals surface area contributed by atoms with Gasteiger partial charge < -0.3 is 20.0 Å². The lowest BCUT2D eigenvalue weighted by Gasteiger charge is -2.33. The largest absolute Gasteiger partial charge is 0.354 e. The summed E-state index contributed by atoms with van der Waals surface area (Å²) >= 11 is 0. The normalized spacial score (nSPS) is 24.3. The third-order valence-electron chi connectivity index (χ3n) is 7.95. The van der Waals surface area contributed by atoms with Crippen LogP contribution in [-0.2, 0) is 5.41 Å². The van der Waals surface area contributed by atoms with Crippen LogP contribution >= 0.6 is 0 Å². The molecule has 2 atom stereocenters. The Labute approximate surface area is 208 Å². The molecule has 1 aromatic heterocycles. The highest BCUT2D eigenvalue weighted by Gasteiger charge is 2.56. The van der Waals surface area contributed by atoms with E-state index in [2.05, 4.69) is 60.1 Å². The van der Waals surface area contributed by atoms with E-state index in [0.29, 0.717) is 30.0 Å². The molecule has 2 aliphatic heterocycles. The lowest BCUT2D eigenvalue weighted by atomic mass is 9.86. The molecule has 7 nitrogen and oxygen atoms in total. The van der Waals surface area contributed by atoms with E-state index in [1.807, 2.05) is 29.2 Å². The maximum absolute atomic E-state index is 13.0. The van der Waals surface area contributed by atoms with Crippen molar-refractivity contribution in [2.45, 2.75) is 26.2 Å². The molecule has 186 valence electrons. The lowest BCUT2D eigenvalue weighted by Crippen LogP contribution is -2.45. The molecule has 3 heterocycles. The number of anilines is 1. The van der Waals surface area contributed by atoms with E-state index in [1.54, 1.807) is 6.07 Å². The van der Waals surface area contributed by atoms with Gasteiger partial charge in [0.05, 0.1) is 0 Å². The summed E-state index contributed by atoms with van der Waals surface area (Å²) in [7, 11) is 2.13. The molecule has 0 bridgehead atoms. The average Bonchev–Trinajstić information content (AvgIpc) is 3.30. The van der Waals surface area contributed by atoms with Gasteiger partial charge in [0.15, 0.2) is 0 Å². The third-order valence-corrected chi connectivity index (χ3v) is 7.95. The summed E-state index contributed by atoms with van der Waals surface area (Å²) in [5, 5.41) is 3.09. The molecule has 1 saturated carbocycles. The Kier molecular flexibility index (Phi) is 6.30. The van der Waals surface area contributed by atoms with Crippen molar-refractivity contribution >= 4 is 17.6 Å². The van der Waals surface area contributed by atoms with Crippen molar-refractivity contribution in [3.63, 3.8) is 0 Å². The van der Waals surface area contributed by atoms with Crippen molar-refractivity contribution in [1.29, 1.82) is 0 Å². The van der Waals surface area contributed by atoms with Crippen molar-refractivity contribution in [3.8, 4) is 0 Å². The van der Waals surface area contributed by atoms with Crippen molar-refractivity contribution < 1.29 is 9.59 Å². The van der Waals surface area contributed by atoms with Gasteiger partial charge in [0.25, 0.3) is 11.8 Å². The van der Waals surface area contributed by atoms with Crippen LogP contribution in [0.25, 0.3) is 0 Å². The van der Waals surface area contributed by atoms with Crippen molar-refractivity contribution in [3.05, 3.63) is 59.3 Å². The summed E-state index contributed by atoms with van der Waals surface area (Å²) < 4.78 is 0. The topological polar surface area (TPSA) is 68.8 Å². The molecular formula is C28H37N5O2. The zero-order valence-electron chi connectivity index (χ0n) is 21.3. The van der Waals surface area contributed by atoms with E-state index in [-0.39, 0.29) is 17.2 Å². The van der Waals surface area contributed by atoms with Crippen LogP contribution in [0.4, 0.5) is 5.82 Å². The van der Waals surface area contributed by atoms with Gasteiger partial charge in [-0.15, -0.1) is 0 Å². The van der Waals surface area contributed by atoms with Gasteiger partial charge in [0, 0.05) is 51.4 Å². The van der Waals surface area contributed by atoms with Crippen LogP contribution in [-0.4, -0.2) is 79.5 Å². The van der Waals surface area contributed by atoms with E-state index in [1.165, 1.54) is 5.56 Å². The Morgan fingerprint density at radius 3 is 2.26 bits per heavy atom. The highest BCUT2D eigenvalue weighted by Crippen LogP contribution is 2.51. The van der Waals surface area contributed by atoms with Crippen LogP contribution in [0.1, 0.15) is 47.2 Å². The number of likely N-dealkylation sites (tertiary alicyclic amines) is 1. The van der Waals surface area contributed by atoms with E-state index < -0.39 is 0 Å². The predicted octanol–water partition coefficient (Wildman–Crippen LogP) is 2.88. The fourth-order valence-corrected chi connectivity index (χ4v) is 5.48. The molecule has 0 spiro atoms. The molecule has 7 heteroatoms. The van der Waals surface area contributed by atoms with Gasteiger partial charge in [-0.25, -0.2) is 4.98 Å². The molecule has 1 aliphatic carbocycles. The van der Waals surface area contributed by atoms with E-state index in [9.17, 15) is 9.59 Å². The number of pyridine rings is 1. The second kappa shape index (κ2) is 9.26. The Morgan fingerprint density at radius 1 is 0.971 bits per heavy atom. The predicted molar refractivity (Wildman–Crippen MR) is 138 cm³/mol. The van der Waals surface area contributed by atoms with Crippen molar-refractivity contribution in [2.24, 2.45) is 17.8 Å². The first-order valence-corrected chi connectivity index (χ1v) is 12.8. The van der Waals surface area contributed by atoms with Gasteiger partial charge in [-0.1, -0.05) is 39.0 Å². The second-order valence-electron chi connectivity index (χ2n) is 11.4. The molecule has 35 heavy (non-hydrogen) atoms.